The van der Waals surface area contributed by atoms with Gasteiger partial charge in [0.25, 0.3) is 0 Å². The summed E-state index contributed by atoms with van der Waals surface area (Å²) in [5.74, 6) is 0. The van der Waals surface area contributed by atoms with Crippen LogP contribution >= 0.6 is 22.9 Å². The van der Waals surface area contributed by atoms with Crippen LogP contribution in [-0.4, -0.2) is 4.98 Å². The monoisotopic (exact) mass is 169 g/mol. The van der Waals surface area contributed by atoms with Crippen molar-refractivity contribution >= 4 is 33.2 Å². The molecule has 0 aliphatic heterocycles. The maximum Gasteiger partial charge on any atom is 0.0995 e. The Balaban J connectivity index is 2.93. The molecule has 2 heterocycles. The standard InChI is InChI=1S/C7H4ClNS/c8-5-4-10-6-2-1-3-9-7(5)6/h1-4H. The van der Waals surface area contributed by atoms with Gasteiger partial charge in [-0.15, -0.1) is 11.3 Å². The van der Waals surface area contributed by atoms with Crippen molar-refractivity contribution in [2.75, 3.05) is 0 Å². The Morgan fingerprint density at radius 2 is 2.40 bits per heavy atom. The lowest BCUT2D eigenvalue weighted by Gasteiger charge is -1.84. The Kier molecular flexibility index (Phi) is 1.36. The van der Waals surface area contributed by atoms with Crippen molar-refractivity contribution in [3.63, 3.8) is 0 Å². The van der Waals surface area contributed by atoms with Crippen LogP contribution in [0.5, 0.6) is 0 Å². The lowest BCUT2D eigenvalue weighted by molar-refractivity contribution is 1.43. The van der Waals surface area contributed by atoms with Crippen molar-refractivity contribution < 1.29 is 0 Å². The molecule has 3 heteroatoms. The normalized spacial score (nSPS) is 10.5. The minimum atomic E-state index is 0.751. The molecule has 0 aromatic carbocycles. The van der Waals surface area contributed by atoms with E-state index in [4.69, 9.17) is 11.6 Å². The van der Waals surface area contributed by atoms with Crippen molar-refractivity contribution in [2.45, 2.75) is 0 Å². The molecule has 0 saturated heterocycles. The van der Waals surface area contributed by atoms with E-state index < -0.39 is 0 Å². The number of fused-ring (bicyclic) bond motifs is 1. The summed E-state index contributed by atoms with van der Waals surface area (Å²) < 4.78 is 1.15. The van der Waals surface area contributed by atoms with Crippen LogP contribution in [0.3, 0.4) is 0 Å². The molecule has 0 aliphatic rings. The third-order valence-electron chi connectivity index (χ3n) is 1.29. The summed E-state index contributed by atoms with van der Waals surface area (Å²) in [6.45, 7) is 0. The molecular formula is C7H4ClNS. The molecule has 0 radical (unpaired) electrons. The molecule has 0 spiro atoms. The quantitative estimate of drug-likeness (QED) is 0.591. The van der Waals surface area contributed by atoms with Crippen LogP contribution in [0.25, 0.3) is 10.2 Å². The van der Waals surface area contributed by atoms with E-state index in [-0.39, 0.29) is 0 Å². The van der Waals surface area contributed by atoms with Crippen molar-refractivity contribution in [1.29, 1.82) is 0 Å². The van der Waals surface area contributed by atoms with Crippen molar-refractivity contribution in [2.24, 2.45) is 0 Å². The lowest BCUT2D eigenvalue weighted by atomic mass is 10.4. The van der Waals surface area contributed by atoms with E-state index in [0.717, 1.165) is 15.2 Å². The van der Waals surface area contributed by atoms with Crippen LogP contribution in [-0.2, 0) is 0 Å². The predicted molar refractivity (Wildman–Crippen MR) is 44.6 cm³/mol. The minimum Gasteiger partial charge on any atom is -0.254 e. The summed E-state index contributed by atoms with van der Waals surface area (Å²) in [5, 5.41) is 2.65. The van der Waals surface area contributed by atoms with Gasteiger partial charge in [0.2, 0.25) is 0 Å². The van der Waals surface area contributed by atoms with E-state index in [1.807, 2.05) is 17.5 Å². The molecule has 0 aliphatic carbocycles. The molecule has 1 nitrogen and oxygen atoms in total. The van der Waals surface area contributed by atoms with Crippen molar-refractivity contribution in [1.82, 2.24) is 4.98 Å². The first-order valence-electron chi connectivity index (χ1n) is 2.85. The van der Waals surface area contributed by atoms with E-state index in [9.17, 15) is 0 Å². The van der Waals surface area contributed by atoms with E-state index in [2.05, 4.69) is 4.98 Å². The smallest absolute Gasteiger partial charge is 0.0995 e. The molecule has 0 fully saturated rings. The molecule has 0 saturated carbocycles. The van der Waals surface area contributed by atoms with Gasteiger partial charge in [-0.25, -0.2) is 0 Å². The van der Waals surface area contributed by atoms with E-state index >= 15 is 0 Å². The summed E-state index contributed by atoms with van der Waals surface area (Å²) in [7, 11) is 0. The molecule has 2 rings (SSSR count). The summed E-state index contributed by atoms with van der Waals surface area (Å²) in [6, 6.07) is 3.92. The molecule has 0 bridgehead atoms. The van der Waals surface area contributed by atoms with Crippen LogP contribution in [0.4, 0.5) is 0 Å². The highest BCUT2D eigenvalue weighted by Crippen LogP contribution is 2.26. The van der Waals surface area contributed by atoms with Gasteiger partial charge >= 0.3 is 0 Å². The van der Waals surface area contributed by atoms with Crippen LogP contribution in [0, 0.1) is 0 Å². The van der Waals surface area contributed by atoms with Gasteiger partial charge in [-0.1, -0.05) is 11.6 Å². The predicted octanol–water partition coefficient (Wildman–Crippen LogP) is 2.95. The molecule has 0 amide bonds. The van der Waals surface area contributed by atoms with E-state index in [0.29, 0.717) is 0 Å². The lowest BCUT2D eigenvalue weighted by Crippen LogP contribution is -1.68. The number of thiophene rings is 1. The molecule has 2 aromatic rings. The van der Waals surface area contributed by atoms with Crippen LogP contribution < -0.4 is 0 Å². The number of hydrogen-bond acceptors (Lipinski definition) is 2. The summed E-state index contributed by atoms with van der Waals surface area (Å²) in [5.41, 5.74) is 0.911. The maximum absolute atomic E-state index is 5.82. The zero-order chi connectivity index (χ0) is 6.97. The van der Waals surface area contributed by atoms with Gasteiger partial charge in [-0.05, 0) is 12.1 Å². The first kappa shape index (κ1) is 6.13. The summed E-state index contributed by atoms with van der Waals surface area (Å²) in [6.07, 6.45) is 1.75. The number of pyridine rings is 1. The Morgan fingerprint density at radius 1 is 1.50 bits per heavy atom. The summed E-state index contributed by atoms with van der Waals surface area (Å²) in [4.78, 5) is 4.12. The van der Waals surface area contributed by atoms with E-state index in [1.54, 1.807) is 17.5 Å². The van der Waals surface area contributed by atoms with Gasteiger partial charge in [0.15, 0.2) is 0 Å². The Bertz CT molecular complexity index is 355. The highest BCUT2D eigenvalue weighted by Gasteiger charge is 1.99. The maximum atomic E-state index is 5.82. The molecule has 0 atom stereocenters. The number of aromatic nitrogens is 1. The second kappa shape index (κ2) is 2.22. The molecule has 50 valence electrons. The fraction of sp³-hybridized carbons (Fsp3) is 0. The second-order valence-electron chi connectivity index (χ2n) is 1.93. The third kappa shape index (κ3) is 0.805. The van der Waals surface area contributed by atoms with Gasteiger partial charge in [0.05, 0.1) is 15.2 Å². The SMILES string of the molecule is Clc1csc2cccnc12. The average Bonchev–Trinajstić information content (AvgIpc) is 2.34. The van der Waals surface area contributed by atoms with Crippen molar-refractivity contribution in [3.05, 3.63) is 28.7 Å². The van der Waals surface area contributed by atoms with Gasteiger partial charge in [-0.2, -0.15) is 0 Å². The fourth-order valence-corrected chi connectivity index (χ4v) is 1.95. The summed E-state index contributed by atoms with van der Waals surface area (Å²) >= 11 is 7.44. The van der Waals surface area contributed by atoms with Gasteiger partial charge < -0.3 is 0 Å². The Morgan fingerprint density at radius 3 is 3.20 bits per heavy atom. The van der Waals surface area contributed by atoms with Gasteiger partial charge in [0.1, 0.15) is 0 Å². The number of rotatable bonds is 0. The highest BCUT2D eigenvalue weighted by molar-refractivity contribution is 7.17. The number of nitrogens with zero attached hydrogens (tertiary/aromatic N) is 1. The Labute approximate surface area is 67.3 Å². The second-order valence-corrected chi connectivity index (χ2v) is 3.25. The van der Waals surface area contributed by atoms with Gasteiger partial charge in [0, 0.05) is 11.6 Å². The topological polar surface area (TPSA) is 12.9 Å². The number of hydrogen-bond donors (Lipinski definition) is 0. The Hall–Kier alpha value is -0.600. The number of halogens is 1. The molecule has 2 aromatic heterocycles. The minimum absolute atomic E-state index is 0.751. The van der Waals surface area contributed by atoms with Crippen LogP contribution in [0.15, 0.2) is 23.7 Å². The largest absolute Gasteiger partial charge is 0.254 e. The van der Waals surface area contributed by atoms with Crippen LogP contribution in [0.2, 0.25) is 5.02 Å². The molecule has 10 heavy (non-hydrogen) atoms. The first-order chi connectivity index (χ1) is 4.88. The first-order valence-corrected chi connectivity index (χ1v) is 4.11. The fourth-order valence-electron chi connectivity index (χ4n) is 0.836. The molecular weight excluding hydrogens is 166 g/mol. The zero-order valence-electron chi connectivity index (χ0n) is 5.04. The van der Waals surface area contributed by atoms with E-state index in [1.165, 1.54) is 0 Å². The average molecular weight is 170 g/mol. The van der Waals surface area contributed by atoms with Crippen molar-refractivity contribution in [3.8, 4) is 0 Å². The molecule has 0 N–H and O–H groups in total. The van der Waals surface area contributed by atoms with Crippen LogP contribution in [0.1, 0.15) is 0 Å². The molecule has 0 unspecified atom stereocenters. The third-order valence-corrected chi connectivity index (χ3v) is 2.64. The highest BCUT2D eigenvalue weighted by atomic mass is 35.5. The van der Waals surface area contributed by atoms with Gasteiger partial charge in [-0.3, -0.25) is 4.98 Å². The zero-order valence-corrected chi connectivity index (χ0v) is 6.62.